The van der Waals surface area contributed by atoms with Crippen molar-refractivity contribution in [3.63, 3.8) is 0 Å². The van der Waals surface area contributed by atoms with Crippen LogP contribution >= 0.6 is 0 Å². The van der Waals surface area contributed by atoms with Crippen LogP contribution in [0.1, 0.15) is 41.5 Å². The predicted molar refractivity (Wildman–Crippen MR) is 97.4 cm³/mol. The van der Waals surface area contributed by atoms with E-state index in [4.69, 9.17) is 9.47 Å². The highest BCUT2D eigenvalue weighted by Crippen LogP contribution is 2.18. The Kier molecular flexibility index (Phi) is 6.57. The minimum Gasteiger partial charge on any atom is -0.462 e. The van der Waals surface area contributed by atoms with Crippen LogP contribution < -0.4 is 9.64 Å². The van der Waals surface area contributed by atoms with Gasteiger partial charge in [-0.3, -0.25) is 0 Å². The molecule has 0 aliphatic heterocycles. The van der Waals surface area contributed by atoms with Crippen LogP contribution in [0.25, 0.3) is 0 Å². The van der Waals surface area contributed by atoms with Gasteiger partial charge in [0, 0.05) is 18.8 Å². The summed E-state index contributed by atoms with van der Waals surface area (Å²) in [6.07, 6.45) is 0. The molecular weight excluding hydrogens is 318 g/mol. The SMILES string of the molecule is CCOC(=O)c1ccc(OC(=O)c2ccc(N(CC)CC)cc2)cc1. The molecule has 0 heterocycles. The highest BCUT2D eigenvalue weighted by atomic mass is 16.5. The highest BCUT2D eigenvalue weighted by molar-refractivity contribution is 5.92. The smallest absolute Gasteiger partial charge is 0.343 e. The minimum atomic E-state index is -0.435. The second-order valence-corrected chi connectivity index (χ2v) is 5.35. The fourth-order valence-electron chi connectivity index (χ4n) is 2.44. The number of hydrogen-bond donors (Lipinski definition) is 0. The molecule has 0 aliphatic carbocycles. The first-order chi connectivity index (χ1) is 12.1. The molecule has 0 fully saturated rings. The van der Waals surface area contributed by atoms with Crippen molar-refractivity contribution in [3.05, 3.63) is 59.7 Å². The Morgan fingerprint density at radius 2 is 1.32 bits per heavy atom. The molecule has 2 aromatic rings. The summed E-state index contributed by atoms with van der Waals surface area (Å²) >= 11 is 0. The lowest BCUT2D eigenvalue weighted by molar-refractivity contribution is 0.0526. The van der Waals surface area contributed by atoms with Gasteiger partial charge < -0.3 is 14.4 Å². The molecule has 0 atom stereocenters. The molecule has 25 heavy (non-hydrogen) atoms. The van der Waals surface area contributed by atoms with Crippen molar-refractivity contribution in [2.24, 2.45) is 0 Å². The molecule has 0 bridgehead atoms. The number of benzene rings is 2. The number of anilines is 1. The summed E-state index contributed by atoms with van der Waals surface area (Å²) in [5.41, 5.74) is 1.97. The quantitative estimate of drug-likeness (QED) is 0.564. The van der Waals surface area contributed by atoms with Crippen LogP contribution in [0.5, 0.6) is 5.75 Å². The second-order valence-electron chi connectivity index (χ2n) is 5.35. The molecule has 0 saturated heterocycles. The van der Waals surface area contributed by atoms with Crippen LogP contribution in [0, 0.1) is 0 Å². The topological polar surface area (TPSA) is 55.8 Å². The third-order valence-corrected chi connectivity index (χ3v) is 3.81. The fraction of sp³-hybridized carbons (Fsp3) is 0.300. The van der Waals surface area contributed by atoms with Crippen LogP contribution in [0.15, 0.2) is 48.5 Å². The number of rotatable bonds is 7. The molecule has 0 aromatic heterocycles. The lowest BCUT2D eigenvalue weighted by Crippen LogP contribution is -2.21. The maximum absolute atomic E-state index is 12.2. The van der Waals surface area contributed by atoms with Crippen molar-refractivity contribution in [1.29, 1.82) is 0 Å². The summed E-state index contributed by atoms with van der Waals surface area (Å²) in [4.78, 5) is 26.0. The zero-order valence-electron chi connectivity index (χ0n) is 14.8. The Balaban J connectivity index is 2.03. The summed E-state index contributed by atoms with van der Waals surface area (Å²) in [6.45, 7) is 8.07. The van der Waals surface area contributed by atoms with Gasteiger partial charge in [0.15, 0.2) is 0 Å². The molecule has 0 amide bonds. The molecule has 0 N–H and O–H groups in total. The van der Waals surface area contributed by atoms with Crippen LogP contribution in [0.3, 0.4) is 0 Å². The van der Waals surface area contributed by atoms with Crippen molar-refractivity contribution < 1.29 is 19.1 Å². The normalized spacial score (nSPS) is 10.2. The van der Waals surface area contributed by atoms with Crippen LogP contribution in [0.4, 0.5) is 5.69 Å². The molecule has 5 nitrogen and oxygen atoms in total. The average molecular weight is 341 g/mol. The zero-order valence-corrected chi connectivity index (χ0v) is 14.8. The lowest BCUT2D eigenvalue weighted by atomic mass is 10.2. The van der Waals surface area contributed by atoms with Crippen molar-refractivity contribution in [1.82, 2.24) is 0 Å². The molecule has 5 heteroatoms. The van der Waals surface area contributed by atoms with Gasteiger partial charge in [-0.25, -0.2) is 9.59 Å². The van der Waals surface area contributed by atoms with E-state index in [9.17, 15) is 9.59 Å². The maximum atomic E-state index is 12.2. The zero-order chi connectivity index (χ0) is 18.2. The van der Waals surface area contributed by atoms with Crippen molar-refractivity contribution in [3.8, 4) is 5.75 Å². The van der Waals surface area contributed by atoms with Gasteiger partial charge in [-0.1, -0.05) is 0 Å². The fourth-order valence-corrected chi connectivity index (χ4v) is 2.44. The van der Waals surface area contributed by atoms with Gasteiger partial charge in [-0.15, -0.1) is 0 Å². The molecule has 0 aliphatic rings. The first kappa shape index (κ1) is 18.5. The van der Waals surface area contributed by atoms with Gasteiger partial charge in [0.25, 0.3) is 0 Å². The van der Waals surface area contributed by atoms with Gasteiger partial charge in [0.2, 0.25) is 0 Å². The highest BCUT2D eigenvalue weighted by Gasteiger charge is 2.11. The molecule has 2 aromatic carbocycles. The van der Waals surface area contributed by atoms with Crippen LogP contribution in [-0.2, 0) is 4.74 Å². The molecule has 0 spiro atoms. The molecule has 0 radical (unpaired) electrons. The maximum Gasteiger partial charge on any atom is 0.343 e. The number of esters is 2. The number of ether oxygens (including phenoxy) is 2. The molecule has 132 valence electrons. The lowest BCUT2D eigenvalue weighted by Gasteiger charge is -2.20. The Morgan fingerprint density at radius 1 is 0.800 bits per heavy atom. The summed E-state index contributed by atoms with van der Waals surface area (Å²) in [5, 5.41) is 0. The number of carbonyl (C=O) groups is 2. The van der Waals surface area contributed by atoms with E-state index in [2.05, 4.69) is 18.7 Å². The Morgan fingerprint density at radius 3 is 1.84 bits per heavy atom. The van der Waals surface area contributed by atoms with E-state index in [1.54, 1.807) is 43.3 Å². The van der Waals surface area contributed by atoms with Gasteiger partial charge in [-0.05, 0) is 69.3 Å². The number of carbonyl (C=O) groups excluding carboxylic acids is 2. The van der Waals surface area contributed by atoms with E-state index in [1.165, 1.54) is 0 Å². The first-order valence-corrected chi connectivity index (χ1v) is 8.43. The third kappa shape index (κ3) is 4.83. The summed E-state index contributed by atoms with van der Waals surface area (Å²) < 4.78 is 10.3. The number of nitrogens with zero attached hydrogens (tertiary/aromatic N) is 1. The van der Waals surface area contributed by atoms with Crippen molar-refractivity contribution >= 4 is 17.6 Å². The molecule has 0 saturated carbocycles. The Bertz CT molecular complexity index is 703. The van der Waals surface area contributed by atoms with E-state index >= 15 is 0 Å². The van der Waals surface area contributed by atoms with E-state index in [1.807, 2.05) is 12.1 Å². The first-order valence-electron chi connectivity index (χ1n) is 8.43. The minimum absolute atomic E-state index is 0.319. The Labute approximate surface area is 148 Å². The van der Waals surface area contributed by atoms with Crippen molar-refractivity contribution in [2.75, 3.05) is 24.6 Å². The molecular formula is C20H23NO4. The largest absolute Gasteiger partial charge is 0.462 e. The summed E-state index contributed by atoms with van der Waals surface area (Å²) in [7, 11) is 0. The second kappa shape index (κ2) is 8.87. The molecule has 0 unspecified atom stereocenters. The van der Waals surface area contributed by atoms with E-state index in [0.29, 0.717) is 23.5 Å². The average Bonchev–Trinajstić information content (AvgIpc) is 2.64. The molecule has 2 rings (SSSR count). The van der Waals surface area contributed by atoms with Gasteiger partial charge in [-0.2, -0.15) is 0 Å². The number of hydrogen-bond acceptors (Lipinski definition) is 5. The van der Waals surface area contributed by atoms with Crippen molar-refractivity contribution in [2.45, 2.75) is 20.8 Å². The summed E-state index contributed by atoms with van der Waals surface area (Å²) in [5.74, 6) is -0.451. The van der Waals surface area contributed by atoms with Gasteiger partial charge >= 0.3 is 11.9 Å². The predicted octanol–water partition coefficient (Wildman–Crippen LogP) is 3.93. The Hall–Kier alpha value is -2.82. The summed E-state index contributed by atoms with van der Waals surface area (Å²) in [6, 6.07) is 13.6. The standard InChI is InChI=1S/C20H23NO4/c1-4-21(5-2)17-11-7-16(8-12-17)20(23)25-18-13-9-15(10-14-18)19(22)24-6-3/h7-14H,4-6H2,1-3H3. The van der Waals surface area contributed by atoms with E-state index in [-0.39, 0.29) is 0 Å². The third-order valence-electron chi connectivity index (χ3n) is 3.81. The van der Waals surface area contributed by atoms with Gasteiger partial charge in [0.1, 0.15) is 5.75 Å². The monoisotopic (exact) mass is 341 g/mol. The van der Waals surface area contributed by atoms with E-state index < -0.39 is 11.9 Å². The van der Waals surface area contributed by atoms with Gasteiger partial charge in [0.05, 0.1) is 17.7 Å². The van der Waals surface area contributed by atoms with E-state index in [0.717, 1.165) is 18.8 Å². The van der Waals surface area contributed by atoms with Crippen LogP contribution in [-0.4, -0.2) is 31.6 Å². The van der Waals surface area contributed by atoms with Crippen LogP contribution in [0.2, 0.25) is 0 Å².